The Hall–Kier alpha value is -0.370. The summed E-state index contributed by atoms with van der Waals surface area (Å²) in [6.07, 6.45) is 6.72. The predicted molar refractivity (Wildman–Crippen MR) is 42.9 cm³/mol. The van der Waals surface area contributed by atoms with Gasteiger partial charge in [0.25, 0.3) is 0 Å². The first-order valence-corrected chi connectivity index (χ1v) is 4.31. The van der Waals surface area contributed by atoms with E-state index < -0.39 is 0 Å². The van der Waals surface area contributed by atoms with Crippen LogP contribution >= 0.6 is 0 Å². The molecule has 1 nitrogen and oxygen atoms in total. The summed E-state index contributed by atoms with van der Waals surface area (Å²) in [7, 11) is 0. The second-order valence-corrected chi connectivity index (χ2v) is 3.11. The maximum Gasteiger partial charge on any atom is 0.101 e. The van der Waals surface area contributed by atoms with Gasteiger partial charge in [0.15, 0.2) is 0 Å². The van der Waals surface area contributed by atoms with Gasteiger partial charge in [0.2, 0.25) is 0 Å². The molecule has 0 heterocycles. The third-order valence-corrected chi connectivity index (χ3v) is 2.28. The van der Waals surface area contributed by atoms with Crippen molar-refractivity contribution in [2.24, 2.45) is 5.92 Å². The van der Waals surface area contributed by atoms with Crippen LogP contribution in [0, 0.1) is 5.92 Å². The van der Waals surface area contributed by atoms with Crippen LogP contribution in [0.3, 0.4) is 0 Å². The van der Waals surface area contributed by atoms with E-state index in [4.69, 9.17) is 5.11 Å². The molecule has 0 aromatic rings. The molecule has 0 aromatic heterocycles. The van der Waals surface area contributed by atoms with E-state index in [0.717, 1.165) is 25.7 Å². The monoisotopic (exact) mass is 158 g/mol. The zero-order chi connectivity index (χ0) is 8.10. The topological polar surface area (TPSA) is 20.2 Å². The Morgan fingerprint density at radius 3 is 2.55 bits per heavy atom. The molecule has 0 spiro atoms. The molecule has 0 radical (unpaired) electrons. The fourth-order valence-corrected chi connectivity index (χ4v) is 1.63. The van der Waals surface area contributed by atoms with Gasteiger partial charge in [-0.2, -0.15) is 0 Å². The summed E-state index contributed by atoms with van der Waals surface area (Å²) < 4.78 is 13.0. The van der Waals surface area contributed by atoms with Crippen LogP contribution in [0.1, 0.15) is 32.1 Å². The highest BCUT2D eigenvalue weighted by molar-refractivity contribution is 4.98. The molecule has 1 rings (SSSR count). The number of hydrogen-bond acceptors (Lipinski definition) is 1. The van der Waals surface area contributed by atoms with Crippen molar-refractivity contribution in [2.45, 2.75) is 32.1 Å². The summed E-state index contributed by atoms with van der Waals surface area (Å²) in [6.45, 7) is -0.164. The van der Waals surface area contributed by atoms with E-state index in [1.165, 1.54) is 12.5 Å². The van der Waals surface area contributed by atoms with Gasteiger partial charge in [-0.25, -0.2) is 4.39 Å². The number of hydrogen-bond donors (Lipinski definition) is 1. The Labute approximate surface area is 66.9 Å². The number of halogens is 1. The van der Waals surface area contributed by atoms with E-state index in [1.807, 2.05) is 0 Å². The van der Waals surface area contributed by atoms with Crippen molar-refractivity contribution < 1.29 is 9.50 Å². The van der Waals surface area contributed by atoms with Crippen molar-refractivity contribution >= 4 is 0 Å². The summed E-state index contributed by atoms with van der Waals surface area (Å²) in [6, 6.07) is 0. The molecule has 0 unspecified atom stereocenters. The normalized spacial score (nSPS) is 22.2. The average molecular weight is 158 g/mol. The molecule has 11 heavy (non-hydrogen) atoms. The molecular weight excluding hydrogens is 143 g/mol. The maximum absolute atomic E-state index is 13.0. The van der Waals surface area contributed by atoms with Crippen molar-refractivity contribution in [2.75, 3.05) is 6.61 Å². The summed E-state index contributed by atoms with van der Waals surface area (Å²) in [5, 5.41) is 8.45. The fraction of sp³-hybridized carbons (Fsp3) is 0.778. The highest BCUT2D eigenvalue weighted by Crippen LogP contribution is 2.29. The second kappa shape index (κ2) is 4.50. The van der Waals surface area contributed by atoms with Crippen LogP contribution in [0.5, 0.6) is 0 Å². The van der Waals surface area contributed by atoms with Crippen LogP contribution in [0.25, 0.3) is 0 Å². The van der Waals surface area contributed by atoms with Gasteiger partial charge in [0, 0.05) is 5.92 Å². The molecule has 1 aliphatic carbocycles. The van der Waals surface area contributed by atoms with Crippen molar-refractivity contribution in [1.82, 2.24) is 0 Å². The van der Waals surface area contributed by atoms with Crippen LogP contribution in [0.2, 0.25) is 0 Å². The second-order valence-electron chi connectivity index (χ2n) is 3.11. The Morgan fingerprint density at radius 2 is 2.00 bits per heavy atom. The Balaban J connectivity index is 2.38. The lowest BCUT2D eigenvalue weighted by molar-refractivity contribution is 0.317. The van der Waals surface area contributed by atoms with Gasteiger partial charge in [-0.15, -0.1) is 0 Å². The highest BCUT2D eigenvalue weighted by atomic mass is 19.1. The first-order chi connectivity index (χ1) is 5.34. The number of allylic oxidation sites excluding steroid dienone is 1. The first kappa shape index (κ1) is 8.72. The van der Waals surface area contributed by atoms with E-state index in [0.29, 0.717) is 0 Å². The maximum atomic E-state index is 13.0. The van der Waals surface area contributed by atoms with E-state index in [1.54, 1.807) is 0 Å². The summed E-state index contributed by atoms with van der Waals surface area (Å²) in [4.78, 5) is 0. The van der Waals surface area contributed by atoms with Gasteiger partial charge in [0.1, 0.15) is 5.83 Å². The lowest BCUT2D eigenvalue weighted by Gasteiger charge is -2.19. The van der Waals surface area contributed by atoms with E-state index in [2.05, 4.69) is 0 Å². The standard InChI is InChI=1S/C9H15FO/c10-9(6-7-11)8-4-2-1-3-5-8/h6,8,11H,1-5,7H2/b9-6+. The zero-order valence-electron chi connectivity index (χ0n) is 6.72. The van der Waals surface area contributed by atoms with Crippen LogP contribution in [-0.2, 0) is 0 Å². The lowest BCUT2D eigenvalue weighted by atomic mass is 9.88. The minimum atomic E-state index is -0.164. The van der Waals surface area contributed by atoms with Gasteiger partial charge in [-0.05, 0) is 18.9 Å². The van der Waals surface area contributed by atoms with Crippen LogP contribution in [0.4, 0.5) is 4.39 Å². The van der Waals surface area contributed by atoms with Crippen molar-refractivity contribution in [1.29, 1.82) is 0 Å². The first-order valence-electron chi connectivity index (χ1n) is 4.31. The largest absolute Gasteiger partial charge is 0.392 e. The SMILES string of the molecule is OC/C=C(/F)C1CCCCC1. The molecule has 0 saturated heterocycles. The lowest BCUT2D eigenvalue weighted by Crippen LogP contribution is -2.06. The molecule has 0 bridgehead atoms. The molecular formula is C9H15FO. The van der Waals surface area contributed by atoms with E-state index >= 15 is 0 Å². The van der Waals surface area contributed by atoms with Crippen molar-refractivity contribution in [3.05, 3.63) is 11.9 Å². The van der Waals surface area contributed by atoms with Crippen molar-refractivity contribution in [3.63, 3.8) is 0 Å². The number of aliphatic hydroxyl groups excluding tert-OH is 1. The average Bonchev–Trinajstić information content (AvgIpc) is 2.07. The van der Waals surface area contributed by atoms with Crippen LogP contribution in [-0.4, -0.2) is 11.7 Å². The zero-order valence-corrected chi connectivity index (χ0v) is 6.72. The number of aliphatic hydroxyl groups is 1. The Bertz CT molecular complexity index is 136. The minimum Gasteiger partial charge on any atom is -0.392 e. The van der Waals surface area contributed by atoms with Gasteiger partial charge < -0.3 is 5.11 Å². The third kappa shape index (κ3) is 2.62. The van der Waals surface area contributed by atoms with Crippen molar-refractivity contribution in [3.8, 4) is 0 Å². The molecule has 1 fully saturated rings. The van der Waals surface area contributed by atoms with Crippen LogP contribution in [0.15, 0.2) is 11.9 Å². The van der Waals surface area contributed by atoms with E-state index in [9.17, 15) is 4.39 Å². The highest BCUT2D eigenvalue weighted by Gasteiger charge is 2.16. The molecule has 1 aliphatic rings. The summed E-state index contributed by atoms with van der Waals surface area (Å²) in [5.74, 6) is 0.00287. The molecule has 2 heteroatoms. The predicted octanol–water partition coefficient (Wildman–Crippen LogP) is 2.41. The summed E-state index contributed by atoms with van der Waals surface area (Å²) >= 11 is 0. The van der Waals surface area contributed by atoms with Gasteiger partial charge in [-0.3, -0.25) is 0 Å². The molecule has 64 valence electrons. The van der Waals surface area contributed by atoms with Crippen LogP contribution < -0.4 is 0 Å². The Kier molecular flexibility index (Phi) is 3.57. The smallest absolute Gasteiger partial charge is 0.101 e. The molecule has 0 aromatic carbocycles. The quantitative estimate of drug-likeness (QED) is 0.654. The van der Waals surface area contributed by atoms with Gasteiger partial charge in [-0.1, -0.05) is 19.3 Å². The molecule has 0 amide bonds. The fourth-order valence-electron chi connectivity index (χ4n) is 1.63. The minimum absolute atomic E-state index is 0.104. The molecule has 1 saturated carbocycles. The molecule has 1 N–H and O–H groups in total. The molecule has 0 atom stereocenters. The van der Waals surface area contributed by atoms with Gasteiger partial charge >= 0.3 is 0 Å². The molecule has 0 aliphatic heterocycles. The third-order valence-electron chi connectivity index (χ3n) is 2.28. The van der Waals surface area contributed by atoms with E-state index in [-0.39, 0.29) is 18.4 Å². The van der Waals surface area contributed by atoms with Gasteiger partial charge in [0.05, 0.1) is 6.61 Å². The Morgan fingerprint density at radius 1 is 1.36 bits per heavy atom. The number of rotatable bonds is 2. The summed E-state index contributed by atoms with van der Waals surface area (Å²) in [5.41, 5.74) is 0.